The molecule has 3 N–H and O–H groups in total. The van der Waals surface area contributed by atoms with Crippen molar-refractivity contribution in [2.45, 2.75) is 0 Å². The van der Waals surface area contributed by atoms with Crippen LogP contribution in [0.3, 0.4) is 0 Å². The predicted octanol–water partition coefficient (Wildman–Crippen LogP) is 2.00. The lowest BCUT2D eigenvalue weighted by Gasteiger charge is -2.03. The van der Waals surface area contributed by atoms with Crippen molar-refractivity contribution in [1.82, 2.24) is 14.5 Å². The minimum atomic E-state index is 0.577. The average Bonchev–Trinajstić information content (AvgIpc) is 2.82. The van der Waals surface area contributed by atoms with Crippen molar-refractivity contribution in [2.24, 2.45) is 12.1 Å². The lowest BCUT2D eigenvalue weighted by atomic mass is 10.2. The molecule has 6 nitrogen and oxygen atoms in total. The summed E-state index contributed by atoms with van der Waals surface area (Å²) in [5.41, 5.74) is 11.8. The number of aromatic nitrogens is 3. The quantitative estimate of drug-likeness (QED) is 0.561. The van der Waals surface area contributed by atoms with Gasteiger partial charge in [0.15, 0.2) is 11.5 Å². The van der Waals surface area contributed by atoms with Crippen molar-refractivity contribution in [3.63, 3.8) is 0 Å². The molecule has 0 spiro atoms. The summed E-state index contributed by atoms with van der Waals surface area (Å²) in [6.07, 6.45) is 3.41. The predicted molar refractivity (Wildman–Crippen MR) is 80.6 cm³/mol. The van der Waals surface area contributed by atoms with E-state index < -0.39 is 0 Å². The summed E-state index contributed by atoms with van der Waals surface area (Å²) in [5, 5.41) is 4.15. The molecule has 0 fully saturated rings. The molecule has 2 heterocycles. The summed E-state index contributed by atoms with van der Waals surface area (Å²) >= 11 is 0. The lowest BCUT2D eigenvalue weighted by Crippen LogP contribution is -1.98. The van der Waals surface area contributed by atoms with Crippen LogP contribution in [0, 0.1) is 0 Å². The highest BCUT2D eigenvalue weighted by Crippen LogP contribution is 2.20. The zero-order chi connectivity index (χ0) is 13.9. The largest absolute Gasteiger partial charge is 0.397 e. The van der Waals surface area contributed by atoms with Crippen LogP contribution in [-0.4, -0.2) is 20.7 Å². The molecule has 6 heteroatoms. The molecule has 3 rings (SSSR count). The minimum absolute atomic E-state index is 0.577. The molecule has 0 atom stereocenters. The number of hydrazone groups is 1. The van der Waals surface area contributed by atoms with Crippen LogP contribution in [0.4, 0.5) is 11.5 Å². The summed E-state index contributed by atoms with van der Waals surface area (Å²) in [6.45, 7) is 0. The van der Waals surface area contributed by atoms with Gasteiger partial charge < -0.3 is 10.3 Å². The van der Waals surface area contributed by atoms with E-state index in [-0.39, 0.29) is 0 Å². The third-order valence-electron chi connectivity index (χ3n) is 2.89. The first-order chi connectivity index (χ1) is 9.74. The number of nitrogens with zero attached hydrogens (tertiary/aromatic N) is 4. The van der Waals surface area contributed by atoms with E-state index in [1.807, 2.05) is 41.9 Å². The number of nitrogen functional groups attached to an aromatic ring is 1. The number of rotatable bonds is 3. The Labute approximate surface area is 116 Å². The van der Waals surface area contributed by atoms with E-state index in [2.05, 4.69) is 20.5 Å². The molecule has 3 aromatic rings. The fraction of sp³-hybridized carbons (Fsp3) is 0.0714. The molecule has 0 saturated carbocycles. The van der Waals surface area contributed by atoms with Crippen LogP contribution in [0.5, 0.6) is 0 Å². The topological polar surface area (TPSA) is 81.1 Å². The number of aryl methyl sites for hydroxylation is 1. The van der Waals surface area contributed by atoms with Crippen LogP contribution in [0.25, 0.3) is 11.2 Å². The van der Waals surface area contributed by atoms with Gasteiger partial charge in [-0.25, -0.2) is 9.97 Å². The van der Waals surface area contributed by atoms with E-state index >= 15 is 0 Å². The Kier molecular flexibility index (Phi) is 3.04. The van der Waals surface area contributed by atoms with E-state index in [9.17, 15) is 0 Å². The van der Waals surface area contributed by atoms with Crippen LogP contribution in [0.15, 0.2) is 47.8 Å². The summed E-state index contributed by atoms with van der Waals surface area (Å²) < 4.78 is 1.82. The first-order valence-electron chi connectivity index (χ1n) is 6.16. The first kappa shape index (κ1) is 12.2. The van der Waals surface area contributed by atoms with Crippen molar-refractivity contribution >= 4 is 28.9 Å². The number of nitrogens with two attached hydrogens (primary N) is 1. The van der Waals surface area contributed by atoms with Crippen molar-refractivity contribution < 1.29 is 0 Å². The molecule has 0 aliphatic heterocycles. The van der Waals surface area contributed by atoms with Gasteiger partial charge in [0.2, 0.25) is 0 Å². The molecule has 0 aliphatic rings. The highest BCUT2D eigenvalue weighted by molar-refractivity contribution is 5.86. The van der Waals surface area contributed by atoms with Crippen LogP contribution < -0.4 is 11.2 Å². The van der Waals surface area contributed by atoms with Gasteiger partial charge in [0, 0.05) is 13.1 Å². The second-order valence-electron chi connectivity index (χ2n) is 4.41. The fourth-order valence-electron chi connectivity index (χ4n) is 1.89. The molecule has 100 valence electrons. The van der Waals surface area contributed by atoms with Gasteiger partial charge in [-0.1, -0.05) is 30.3 Å². The maximum absolute atomic E-state index is 5.95. The van der Waals surface area contributed by atoms with Crippen LogP contribution in [0.2, 0.25) is 0 Å². The number of imidazole rings is 1. The van der Waals surface area contributed by atoms with Crippen molar-refractivity contribution in [1.29, 1.82) is 0 Å². The first-order valence-corrected chi connectivity index (χ1v) is 6.16. The summed E-state index contributed by atoms with van der Waals surface area (Å²) in [6, 6.07) is 11.5. The van der Waals surface area contributed by atoms with Crippen molar-refractivity contribution in [3.8, 4) is 0 Å². The van der Waals surface area contributed by atoms with Crippen LogP contribution in [0.1, 0.15) is 5.56 Å². The van der Waals surface area contributed by atoms with Gasteiger partial charge in [0.1, 0.15) is 5.52 Å². The Morgan fingerprint density at radius 1 is 1.30 bits per heavy atom. The highest BCUT2D eigenvalue weighted by atomic mass is 15.3. The second kappa shape index (κ2) is 5.00. The number of pyridine rings is 1. The number of anilines is 2. The van der Waals surface area contributed by atoms with Crippen molar-refractivity contribution in [2.75, 3.05) is 11.2 Å². The monoisotopic (exact) mass is 266 g/mol. The highest BCUT2D eigenvalue weighted by Gasteiger charge is 2.07. The standard InChI is InChI=1S/C14H14N6/c1-20-9-16-13-11(15)7-12(18-14(13)20)19-17-8-10-5-3-2-4-6-10/h2-9H,1H3,(H3,15,18,19)/b17-8+. The number of hydrogen-bond donors (Lipinski definition) is 2. The molecule has 0 saturated heterocycles. The van der Waals surface area contributed by atoms with Gasteiger partial charge in [-0.05, 0) is 5.56 Å². The van der Waals surface area contributed by atoms with Crippen LogP contribution >= 0.6 is 0 Å². The Morgan fingerprint density at radius 3 is 2.90 bits per heavy atom. The minimum Gasteiger partial charge on any atom is -0.397 e. The second-order valence-corrected chi connectivity index (χ2v) is 4.41. The van der Waals surface area contributed by atoms with Gasteiger partial charge >= 0.3 is 0 Å². The smallest absolute Gasteiger partial charge is 0.164 e. The molecule has 0 bridgehead atoms. The molecule has 2 aromatic heterocycles. The van der Waals surface area contributed by atoms with E-state index in [1.54, 1.807) is 18.6 Å². The number of nitrogens with one attached hydrogen (secondary N) is 1. The van der Waals surface area contributed by atoms with Gasteiger partial charge in [0.25, 0.3) is 0 Å². The summed E-state index contributed by atoms with van der Waals surface area (Å²) in [5.74, 6) is 0.589. The zero-order valence-corrected chi connectivity index (χ0v) is 11.0. The van der Waals surface area contributed by atoms with Gasteiger partial charge in [-0.2, -0.15) is 5.10 Å². The average molecular weight is 266 g/mol. The Bertz CT molecular complexity index is 760. The maximum atomic E-state index is 5.95. The molecule has 0 amide bonds. The molecular formula is C14H14N6. The number of hydrogen-bond acceptors (Lipinski definition) is 5. The van der Waals surface area contributed by atoms with Crippen LogP contribution in [-0.2, 0) is 7.05 Å². The molecule has 0 radical (unpaired) electrons. The van der Waals surface area contributed by atoms with E-state index in [0.29, 0.717) is 17.0 Å². The summed E-state index contributed by atoms with van der Waals surface area (Å²) in [7, 11) is 1.87. The molecule has 20 heavy (non-hydrogen) atoms. The normalized spacial score (nSPS) is 11.2. The Morgan fingerprint density at radius 2 is 2.10 bits per heavy atom. The van der Waals surface area contributed by atoms with E-state index in [4.69, 9.17) is 5.73 Å². The van der Waals surface area contributed by atoms with E-state index in [1.165, 1.54) is 0 Å². The SMILES string of the molecule is Cn1cnc2c(N)cc(N/N=C/c3ccccc3)nc21. The number of fused-ring (bicyclic) bond motifs is 1. The third-order valence-corrected chi connectivity index (χ3v) is 2.89. The van der Waals surface area contributed by atoms with Gasteiger partial charge in [0.05, 0.1) is 18.2 Å². The maximum Gasteiger partial charge on any atom is 0.164 e. The van der Waals surface area contributed by atoms with Gasteiger partial charge in [-0.3, -0.25) is 5.43 Å². The third kappa shape index (κ3) is 2.31. The molecule has 1 aromatic carbocycles. The molecule has 0 aliphatic carbocycles. The molecule has 0 unspecified atom stereocenters. The lowest BCUT2D eigenvalue weighted by molar-refractivity contribution is 0.931. The Hall–Kier alpha value is -2.89. The Balaban J connectivity index is 1.84. The van der Waals surface area contributed by atoms with Gasteiger partial charge in [-0.15, -0.1) is 0 Å². The van der Waals surface area contributed by atoms with E-state index in [0.717, 1.165) is 11.2 Å². The summed E-state index contributed by atoms with van der Waals surface area (Å²) in [4.78, 5) is 8.62. The number of benzene rings is 1. The zero-order valence-electron chi connectivity index (χ0n) is 11.0. The fourth-order valence-corrected chi connectivity index (χ4v) is 1.89. The molecular weight excluding hydrogens is 252 g/mol. The van der Waals surface area contributed by atoms with Crippen molar-refractivity contribution in [3.05, 3.63) is 48.3 Å².